The van der Waals surface area contributed by atoms with Crippen molar-refractivity contribution in [3.63, 3.8) is 0 Å². The Morgan fingerprint density at radius 2 is 2.35 bits per heavy atom. The van der Waals surface area contributed by atoms with Gasteiger partial charge in [0.1, 0.15) is 0 Å². The minimum absolute atomic E-state index is 0.166. The average molecular weight is 297 g/mol. The molecule has 20 heavy (non-hydrogen) atoms. The number of rotatable bonds is 2. The number of hydrogen-bond acceptors (Lipinski definition) is 4. The zero-order valence-corrected chi connectivity index (χ0v) is 13.2. The third-order valence-electron chi connectivity index (χ3n) is 3.16. The molecule has 1 aromatic heterocycles. The molecule has 1 saturated heterocycles. The molecule has 1 aliphatic rings. The van der Waals surface area contributed by atoms with Gasteiger partial charge in [-0.1, -0.05) is 20.8 Å². The Morgan fingerprint density at radius 3 is 3.00 bits per heavy atom. The number of thiazole rings is 1. The minimum atomic E-state index is -0.401. The van der Waals surface area contributed by atoms with Gasteiger partial charge in [-0.3, -0.25) is 5.32 Å². The molecule has 0 spiro atoms. The second kappa shape index (κ2) is 6.10. The molecule has 1 aliphatic heterocycles. The van der Waals surface area contributed by atoms with Gasteiger partial charge in [0.15, 0.2) is 5.13 Å². The van der Waals surface area contributed by atoms with Gasteiger partial charge in [0, 0.05) is 18.5 Å². The molecule has 2 N–H and O–H groups in total. The second-order valence-corrected chi connectivity index (χ2v) is 7.41. The number of nitrogens with one attached hydrogen (secondary N) is 1. The van der Waals surface area contributed by atoms with Crippen molar-refractivity contribution >= 4 is 22.5 Å². The number of aromatic nitrogens is 1. The number of nitrogens with zero attached hydrogens (tertiary/aromatic N) is 2. The van der Waals surface area contributed by atoms with Crippen molar-refractivity contribution in [1.82, 2.24) is 9.88 Å². The first kappa shape index (κ1) is 15.3. The molecule has 5 nitrogen and oxygen atoms in total. The highest BCUT2D eigenvalue weighted by Crippen LogP contribution is 2.24. The first-order valence-electron chi connectivity index (χ1n) is 7.02. The van der Waals surface area contributed by atoms with E-state index in [0.29, 0.717) is 18.2 Å². The van der Waals surface area contributed by atoms with E-state index in [-0.39, 0.29) is 11.4 Å². The van der Waals surface area contributed by atoms with Gasteiger partial charge in [-0.05, 0) is 24.7 Å². The first-order valence-corrected chi connectivity index (χ1v) is 7.90. The fourth-order valence-electron chi connectivity index (χ4n) is 2.30. The number of piperidine rings is 1. The summed E-state index contributed by atoms with van der Waals surface area (Å²) in [6, 6.07) is -0.166. The van der Waals surface area contributed by atoms with Crippen molar-refractivity contribution in [2.75, 3.05) is 18.4 Å². The molecule has 0 aliphatic carbocycles. The van der Waals surface area contributed by atoms with Crippen LogP contribution in [-0.4, -0.2) is 40.2 Å². The summed E-state index contributed by atoms with van der Waals surface area (Å²) in [5.41, 5.74) is 1.20. The Bertz CT molecular complexity index is 467. The van der Waals surface area contributed by atoms with E-state index in [1.54, 1.807) is 4.90 Å². The van der Waals surface area contributed by atoms with Gasteiger partial charge in [0.2, 0.25) is 0 Å². The summed E-state index contributed by atoms with van der Waals surface area (Å²) in [5, 5.41) is 15.0. The fraction of sp³-hybridized carbons (Fsp3) is 0.714. The lowest BCUT2D eigenvalue weighted by atomic mass is 9.91. The number of hydrogen-bond donors (Lipinski definition) is 2. The van der Waals surface area contributed by atoms with Gasteiger partial charge in [-0.25, -0.2) is 9.78 Å². The maximum absolute atomic E-state index is 12.1. The third kappa shape index (κ3) is 4.45. The first-order chi connectivity index (χ1) is 9.33. The monoisotopic (exact) mass is 297 g/mol. The summed E-state index contributed by atoms with van der Waals surface area (Å²) in [5.74, 6) is 0. The smallest absolute Gasteiger partial charge is 0.323 e. The largest absolute Gasteiger partial charge is 0.391 e. The molecule has 0 aromatic carbocycles. The normalized spacial score (nSPS) is 20.0. The summed E-state index contributed by atoms with van der Waals surface area (Å²) >= 11 is 1.45. The Labute approximate surface area is 124 Å². The van der Waals surface area contributed by atoms with Crippen LogP contribution in [0.4, 0.5) is 9.93 Å². The molecule has 1 atom stereocenters. The van der Waals surface area contributed by atoms with Crippen LogP contribution in [-0.2, 0) is 6.42 Å². The van der Waals surface area contributed by atoms with Gasteiger partial charge < -0.3 is 10.0 Å². The van der Waals surface area contributed by atoms with Crippen LogP contribution in [0.15, 0.2) is 5.38 Å². The highest BCUT2D eigenvalue weighted by molar-refractivity contribution is 7.13. The number of carbonyl (C=O) groups is 1. The van der Waals surface area contributed by atoms with Crippen LogP contribution in [0.3, 0.4) is 0 Å². The molecular formula is C14H23N3O2S. The van der Waals surface area contributed by atoms with Crippen molar-refractivity contribution in [3.8, 4) is 0 Å². The SMILES string of the molecule is CC(C)(C)Cc1csc(NC(=O)N2CCCC(O)C2)n1. The maximum atomic E-state index is 12.1. The molecule has 1 aromatic rings. The zero-order valence-electron chi connectivity index (χ0n) is 12.3. The molecule has 0 radical (unpaired) electrons. The highest BCUT2D eigenvalue weighted by Gasteiger charge is 2.23. The Kier molecular flexibility index (Phi) is 4.65. The minimum Gasteiger partial charge on any atom is -0.391 e. The number of likely N-dealkylation sites (tertiary alicyclic amines) is 1. The number of anilines is 1. The van der Waals surface area contributed by atoms with Gasteiger partial charge in [0.05, 0.1) is 11.8 Å². The number of β-amino-alcohol motifs (C(OH)–C–C–N with tert-alkyl or cyclic N) is 1. The molecule has 0 saturated carbocycles. The van der Waals surface area contributed by atoms with E-state index in [0.717, 1.165) is 25.0 Å². The van der Waals surface area contributed by atoms with Crippen LogP contribution in [0.5, 0.6) is 0 Å². The van der Waals surface area contributed by atoms with Gasteiger partial charge in [0.25, 0.3) is 0 Å². The average Bonchev–Trinajstić information content (AvgIpc) is 2.74. The predicted molar refractivity (Wildman–Crippen MR) is 81.1 cm³/mol. The van der Waals surface area contributed by atoms with Crippen molar-refractivity contribution in [3.05, 3.63) is 11.1 Å². The summed E-state index contributed by atoms with van der Waals surface area (Å²) in [6.45, 7) is 7.61. The Balaban J connectivity index is 1.91. The van der Waals surface area contributed by atoms with Crippen molar-refractivity contribution in [2.24, 2.45) is 5.41 Å². The molecule has 2 heterocycles. The fourth-order valence-corrected chi connectivity index (χ4v) is 3.00. The molecule has 2 amide bonds. The van der Waals surface area contributed by atoms with Gasteiger partial charge in [-0.15, -0.1) is 11.3 Å². The Morgan fingerprint density at radius 1 is 1.60 bits per heavy atom. The molecule has 112 valence electrons. The Hall–Kier alpha value is -1.14. The summed E-state index contributed by atoms with van der Waals surface area (Å²) < 4.78 is 0. The zero-order chi connectivity index (χ0) is 14.8. The standard InChI is InChI=1S/C14H23N3O2S/c1-14(2,3)7-10-9-20-12(15-10)16-13(19)17-6-4-5-11(18)8-17/h9,11,18H,4-8H2,1-3H3,(H,15,16,19). The van der Waals surface area contributed by atoms with E-state index in [2.05, 4.69) is 31.1 Å². The topological polar surface area (TPSA) is 65.5 Å². The van der Waals surface area contributed by atoms with Crippen molar-refractivity contribution in [1.29, 1.82) is 0 Å². The number of carbonyl (C=O) groups excluding carboxylic acids is 1. The molecular weight excluding hydrogens is 274 g/mol. The van der Waals surface area contributed by atoms with Gasteiger partial charge >= 0.3 is 6.03 Å². The quantitative estimate of drug-likeness (QED) is 0.882. The number of amides is 2. The lowest BCUT2D eigenvalue weighted by Crippen LogP contribution is -2.44. The van der Waals surface area contributed by atoms with Crippen LogP contribution < -0.4 is 5.32 Å². The maximum Gasteiger partial charge on any atom is 0.323 e. The van der Waals surface area contributed by atoms with E-state index < -0.39 is 6.10 Å². The molecule has 1 unspecified atom stereocenters. The molecule has 1 fully saturated rings. The van der Waals surface area contributed by atoms with E-state index in [1.807, 2.05) is 5.38 Å². The third-order valence-corrected chi connectivity index (χ3v) is 3.97. The van der Waals surface area contributed by atoms with Crippen molar-refractivity contribution < 1.29 is 9.90 Å². The van der Waals surface area contributed by atoms with Crippen molar-refractivity contribution in [2.45, 2.75) is 46.1 Å². The predicted octanol–water partition coefficient (Wildman–Crippen LogP) is 2.72. The summed E-state index contributed by atoms with van der Waals surface area (Å²) in [6.07, 6.45) is 2.11. The molecule has 2 rings (SSSR count). The van der Waals surface area contributed by atoms with E-state index in [9.17, 15) is 9.90 Å². The van der Waals surface area contributed by atoms with Crippen LogP contribution in [0.1, 0.15) is 39.3 Å². The van der Waals surface area contributed by atoms with E-state index >= 15 is 0 Å². The van der Waals surface area contributed by atoms with Crippen LogP contribution in [0.25, 0.3) is 0 Å². The summed E-state index contributed by atoms with van der Waals surface area (Å²) in [7, 11) is 0. The molecule has 6 heteroatoms. The van der Waals surface area contributed by atoms with Gasteiger partial charge in [-0.2, -0.15) is 0 Å². The number of aliphatic hydroxyl groups excluding tert-OH is 1. The lowest BCUT2D eigenvalue weighted by molar-refractivity contribution is 0.0883. The summed E-state index contributed by atoms with van der Waals surface area (Å²) in [4.78, 5) is 18.2. The van der Waals surface area contributed by atoms with E-state index in [4.69, 9.17) is 0 Å². The highest BCUT2D eigenvalue weighted by atomic mass is 32.1. The second-order valence-electron chi connectivity index (χ2n) is 6.55. The lowest BCUT2D eigenvalue weighted by Gasteiger charge is -2.29. The van der Waals surface area contributed by atoms with Crippen LogP contribution in [0, 0.1) is 5.41 Å². The van der Waals surface area contributed by atoms with Crippen LogP contribution in [0.2, 0.25) is 0 Å². The number of aliphatic hydroxyl groups is 1. The van der Waals surface area contributed by atoms with Crippen LogP contribution >= 0.6 is 11.3 Å². The molecule has 0 bridgehead atoms. The van der Waals surface area contributed by atoms with E-state index in [1.165, 1.54) is 11.3 Å². The number of urea groups is 1.